The first-order valence-electron chi connectivity index (χ1n) is 9.38. The number of nitrogens with one attached hydrogen (secondary N) is 1. The summed E-state index contributed by atoms with van der Waals surface area (Å²) in [7, 11) is 0. The van der Waals surface area contributed by atoms with Crippen molar-refractivity contribution in [2.24, 2.45) is 0 Å². The molecule has 5 nitrogen and oxygen atoms in total. The maximum absolute atomic E-state index is 12.4. The van der Waals surface area contributed by atoms with E-state index in [0.29, 0.717) is 17.2 Å². The van der Waals surface area contributed by atoms with Crippen LogP contribution in [-0.2, 0) is 0 Å². The van der Waals surface area contributed by atoms with E-state index in [4.69, 9.17) is 0 Å². The van der Waals surface area contributed by atoms with E-state index >= 15 is 0 Å². The van der Waals surface area contributed by atoms with Gasteiger partial charge in [-0.15, -0.1) is 0 Å². The maximum atomic E-state index is 12.4. The molecule has 136 valence electrons. The summed E-state index contributed by atoms with van der Waals surface area (Å²) >= 11 is 0. The van der Waals surface area contributed by atoms with Crippen molar-refractivity contribution >= 4 is 11.7 Å². The number of carbonyl (C=O) groups is 2. The molecule has 1 aliphatic carbocycles. The second-order valence-corrected chi connectivity index (χ2v) is 7.34. The summed E-state index contributed by atoms with van der Waals surface area (Å²) in [6, 6.07) is 7.29. The Morgan fingerprint density at radius 2 is 1.60 bits per heavy atom. The van der Waals surface area contributed by atoms with Crippen LogP contribution in [0.4, 0.5) is 0 Å². The average Bonchev–Trinajstić information content (AvgIpc) is 2.63. The first kappa shape index (κ1) is 18.1. The normalized spacial score (nSPS) is 25.5. The topological polar surface area (TPSA) is 69.6 Å². The van der Waals surface area contributed by atoms with Gasteiger partial charge in [-0.1, -0.05) is 25.0 Å². The number of carbonyl (C=O) groups excluding carboxylic acids is 2. The second kappa shape index (κ2) is 8.11. The summed E-state index contributed by atoms with van der Waals surface area (Å²) in [5, 5.41) is 13.3. The van der Waals surface area contributed by atoms with Crippen molar-refractivity contribution in [3.63, 3.8) is 0 Å². The van der Waals surface area contributed by atoms with Gasteiger partial charge in [0.2, 0.25) is 0 Å². The van der Waals surface area contributed by atoms with E-state index in [1.807, 2.05) is 0 Å². The zero-order valence-electron chi connectivity index (χ0n) is 14.9. The number of aliphatic hydroxyl groups is 1. The smallest absolute Gasteiger partial charge is 0.251 e. The predicted molar refractivity (Wildman–Crippen MR) is 96.8 cm³/mol. The molecule has 1 saturated carbocycles. The largest absolute Gasteiger partial charge is 0.391 e. The molecule has 2 atom stereocenters. The Kier molecular flexibility index (Phi) is 5.86. The fourth-order valence-corrected chi connectivity index (χ4v) is 4.02. The molecule has 1 amide bonds. The Hall–Kier alpha value is -1.72. The van der Waals surface area contributed by atoms with Gasteiger partial charge in [0.1, 0.15) is 0 Å². The van der Waals surface area contributed by atoms with Gasteiger partial charge >= 0.3 is 0 Å². The van der Waals surface area contributed by atoms with E-state index in [1.165, 1.54) is 13.3 Å². The van der Waals surface area contributed by atoms with Gasteiger partial charge in [-0.05, 0) is 44.7 Å². The van der Waals surface area contributed by atoms with Gasteiger partial charge in [0.05, 0.1) is 6.10 Å². The Morgan fingerprint density at radius 1 is 1.00 bits per heavy atom. The van der Waals surface area contributed by atoms with Gasteiger partial charge in [0, 0.05) is 36.3 Å². The molecule has 5 heteroatoms. The van der Waals surface area contributed by atoms with Crippen LogP contribution in [0.2, 0.25) is 0 Å². The van der Waals surface area contributed by atoms with Crippen LogP contribution in [0.15, 0.2) is 24.3 Å². The lowest BCUT2D eigenvalue weighted by atomic mass is 9.89. The highest BCUT2D eigenvalue weighted by Gasteiger charge is 2.31. The standard InChI is InChI=1S/C20H28N2O3/c1-14(23)15-6-8-16(9-7-15)20(25)21-17-10-12-22(13-11-17)18-4-2-3-5-19(18)24/h6-9,17-19,24H,2-5,10-13H2,1H3,(H,21,25). The van der Waals surface area contributed by atoms with Crippen molar-refractivity contribution in [2.45, 2.75) is 63.6 Å². The second-order valence-electron chi connectivity index (χ2n) is 7.34. The van der Waals surface area contributed by atoms with E-state index in [-0.39, 0.29) is 23.8 Å². The molecule has 3 rings (SSSR count). The van der Waals surface area contributed by atoms with Crippen LogP contribution in [0.5, 0.6) is 0 Å². The van der Waals surface area contributed by atoms with Gasteiger partial charge in [0.25, 0.3) is 5.91 Å². The molecule has 0 bridgehead atoms. The zero-order valence-corrected chi connectivity index (χ0v) is 14.9. The number of hydrogen-bond donors (Lipinski definition) is 2. The predicted octanol–water partition coefficient (Wildman–Crippen LogP) is 2.39. The Balaban J connectivity index is 1.49. The number of rotatable bonds is 4. The summed E-state index contributed by atoms with van der Waals surface area (Å²) in [5.41, 5.74) is 1.21. The lowest BCUT2D eigenvalue weighted by molar-refractivity contribution is 0.00727. The number of amides is 1. The van der Waals surface area contributed by atoms with Crippen molar-refractivity contribution in [1.29, 1.82) is 0 Å². The minimum absolute atomic E-state index is 0.00392. The molecule has 1 heterocycles. The number of piperidine rings is 1. The number of likely N-dealkylation sites (tertiary alicyclic amines) is 1. The van der Waals surface area contributed by atoms with Crippen molar-refractivity contribution in [3.05, 3.63) is 35.4 Å². The summed E-state index contributed by atoms with van der Waals surface area (Å²) in [6.45, 7) is 3.37. The van der Waals surface area contributed by atoms with Crippen molar-refractivity contribution in [1.82, 2.24) is 10.2 Å². The SMILES string of the molecule is CC(=O)c1ccc(C(=O)NC2CCN(C3CCCCC3O)CC2)cc1. The summed E-state index contributed by atoms with van der Waals surface area (Å²) in [4.78, 5) is 26.1. The summed E-state index contributed by atoms with van der Waals surface area (Å²) in [5.74, 6) is -0.0736. The number of benzene rings is 1. The molecule has 1 saturated heterocycles. The monoisotopic (exact) mass is 344 g/mol. The third kappa shape index (κ3) is 4.47. The lowest BCUT2D eigenvalue weighted by Crippen LogP contribution is -2.52. The number of nitrogens with zero attached hydrogens (tertiary/aromatic N) is 1. The van der Waals surface area contributed by atoms with Gasteiger partial charge in [-0.2, -0.15) is 0 Å². The number of hydrogen-bond acceptors (Lipinski definition) is 4. The quantitative estimate of drug-likeness (QED) is 0.823. The Bertz CT molecular complexity index is 606. The van der Waals surface area contributed by atoms with Gasteiger partial charge in [-0.3, -0.25) is 14.5 Å². The van der Waals surface area contributed by atoms with Crippen LogP contribution in [0.1, 0.15) is 66.2 Å². The fraction of sp³-hybridized carbons (Fsp3) is 0.600. The van der Waals surface area contributed by atoms with Crippen LogP contribution < -0.4 is 5.32 Å². The number of Topliss-reactive ketones (excluding diaryl/α,β-unsaturated/α-hetero) is 1. The highest BCUT2D eigenvalue weighted by atomic mass is 16.3. The van der Waals surface area contributed by atoms with Gasteiger partial charge in [0.15, 0.2) is 5.78 Å². The van der Waals surface area contributed by atoms with Crippen LogP contribution in [0, 0.1) is 0 Å². The maximum Gasteiger partial charge on any atom is 0.251 e. The molecule has 2 unspecified atom stereocenters. The lowest BCUT2D eigenvalue weighted by Gasteiger charge is -2.41. The van der Waals surface area contributed by atoms with E-state index < -0.39 is 0 Å². The number of aliphatic hydroxyl groups excluding tert-OH is 1. The first-order valence-corrected chi connectivity index (χ1v) is 9.38. The van der Waals surface area contributed by atoms with Crippen LogP contribution in [0.3, 0.4) is 0 Å². The molecule has 2 aliphatic rings. The third-order valence-electron chi connectivity index (χ3n) is 5.58. The molecule has 1 aliphatic heterocycles. The van der Waals surface area contributed by atoms with Crippen molar-refractivity contribution in [2.75, 3.05) is 13.1 Å². The molecule has 1 aromatic rings. The highest BCUT2D eigenvalue weighted by molar-refractivity contribution is 5.97. The molecule has 2 fully saturated rings. The zero-order chi connectivity index (χ0) is 17.8. The molecule has 0 radical (unpaired) electrons. The molecule has 25 heavy (non-hydrogen) atoms. The first-order chi connectivity index (χ1) is 12.0. The fourth-order valence-electron chi connectivity index (χ4n) is 4.02. The van der Waals surface area contributed by atoms with Crippen molar-refractivity contribution in [3.8, 4) is 0 Å². The molecule has 2 N–H and O–H groups in total. The number of ketones is 1. The molecule has 0 aromatic heterocycles. The average molecular weight is 344 g/mol. The van der Waals surface area contributed by atoms with E-state index in [9.17, 15) is 14.7 Å². The van der Waals surface area contributed by atoms with Crippen LogP contribution in [0.25, 0.3) is 0 Å². The van der Waals surface area contributed by atoms with Crippen LogP contribution in [-0.4, -0.2) is 53.0 Å². The molecule has 0 spiro atoms. The Morgan fingerprint density at radius 3 is 2.20 bits per heavy atom. The summed E-state index contributed by atoms with van der Waals surface area (Å²) < 4.78 is 0. The molecule has 1 aromatic carbocycles. The van der Waals surface area contributed by atoms with E-state index in [2.05, 4.69) is 10.2 Å². The van der Waals surface area contributed by atoms with Gasteiger partial charge in [-0.25, -0.2) is 0 Å². The van der Waals surface area contributed by atoms with E-state index in [1.54, 1.807) is 24.3 Å². The molecular weight excluding hydrogens is 316 g/mol. The van der Waals surface area contributed by atoms with Gasteiger partial charge < -0.3 is 10.4 Å². The third-order valence-corrected chi connectivity index (χ3v) is 5.58. The Labute approximate surface area is 149 Å². The van der Waals surface area contributed by atoms with Crippen LogP contribution >= 0.6 is 0 Å². The minimum Gasteiger partial charge on any atom is -0.391 e. The molecular formula is C20H28N2O3. The van der Waals surface area contributed by atoms with E-state index in [0.717, 1.165) is 45.2 Å². The summed E-state index contributed by atoms with van der Waals surface area (Å²) in [6.07, 6.45) is 5.97. The minimum atomic E-state index is -0.195. The van der Waals surface area contributed by atoms with Crippen molar-refractivity contribution < 1.29 is 14.7 Å². The highest BCUT2D eigenvalue weighted by Crippen LogP contribution is 2.26.